The van der Waals surface area contributed by atoms with Crippen molar-refractivity contribution in [3.05, 3.63) is 69.8 Å². The van der Waals surface area contributed by atoms with E-state index in [-0.39, 0.29) is 11.5 Å². The number of para-hydroxylation sites is 1. The van der Waals surface area contributed by atoms with Gasteiger partial charge in [0.25, 0.3) is 5.56 Å². The van der Waals surface area contributed by atoms with Gasteiger partial charge in [-0.05, 0) is 51.0 Å². The summed E-state index contributed by atoms with van der Waals surface area (Å²) in [6.45, 7) is 5.87. The fourth-order valence-corrected chi connectivity index (χ4v) is 3.16. The lowest BCUT2D eigenvalue weighted by atomic mass is 10.1. The minimum atomic E-state index is -0.753. The molecule has 29 heavy (non-hydrogen) atoms. The van der Waals surface area contributed by atoms with E-state index in [1.54, 1.807) is 24.8 Å². The fraction of sp³-hybridized carbons (Fsp3) is 0.333. The number of amides is 1. The summed E-state index contributed by atoms with van der Waals surface area (Å²) in [6, 6.07) is 11.8. The highest BCUT2D eigenvalue weighted by atomic mass is 16.5. The highest BCUT2D eigenvalue weighted by Crippen LogP contribution is 2.17. The number of methoxy groups -OCH3 is 1. The molecule has 2 heterocycles. The molecule has 1 aromatic carbocycles. The third-order valence-electron chi connectivity index (χ3n) is 4.67. The van der Waals surface area contributed by atoms with Crippen molar-refractivity contribution in [3.8, 4) is 11.6 Å². The Balaban J connectivity index is 1.71. The van der Waals surface area contributed by atoms with Crippen molar-refractivity contribution in [2.24, 2.45) is 0 Å². The molecular weight excluding hydrogens is 370 g/mol. The Morgan fingerprint density at radius 3 is 2.62 bits per heavy atom. The van der Waals surface area contributed by atoms with E-state index in [2.05, 4.69) is 15.5 Å². The zero-order valence-electron chi connectivity index (χ0n) is 17.0. The van der Waals surface area contributed by atoms with Gasteiger partial charge in [-0.15, -0.1) is 5.10 Å². The first-order chi connectivity index (χ1) is 13.9. The second-order valence-electron chi connectivity index (χ2n) is 6.84. The van der Waals surface area contributed by atoms with Gasteiger partial charge < -0.3 is 10.1 Å². The molecular formula is C21H25N5O3. The molecule has 152 valence electrons. The molecule has 0 spiro atoms. The number of carbonyl (C=O) groups excluding carboxylic acids is 1. The van der Waals surface area contributed by atoms with E-state index >= 15 is 0 Å². The summed E-state index contributed by atoms with van der Waals surface area (Å²) in [4.78, 5) is 24.9. The molecule has 0 aliphatic heterocycles. The first kappa shape index (κ1) is 20.3. The maximum Gasteiger partial charge on any atom is 0.267 e. The van der Waals surface area contributed by atoms with Crippen LogP contribution in [0.3, 0.4) is 0 Å². The van der Waals surface area contributed by atoms with E-state index in [0.29, 0.717) is 18.8 Å². The Bertz CT molecular complexity index is 1070. The fourth-order valence-electron chi connectivity index (χ4n) is 3.16. The van der Waals surface area contributed by atoms with Crippen LogP contribution in [0.4, 0.5) is 0 Å². The number of aryl methyl sites for hydroxylation is 2. The summed E-state index contributed by atoms with van der Waals surface area (Å²) in [7, 11) is 1.62. The molecule has 0 saturated heterocycles. The third-order valence-corrected chi connectivity index (χ3v) is 4.67. The zero-order valence-corrected chi connectivity index (χ0v) is 17.0. The number of nitrogens with zero attached hydrogens (tertiary/aromatic N) is 4. The summed E-state index contributed by atoms with van der Waals surface area (Å²) in [5.74, 6) is 0.995. The molecule has 8 nitrogen and oxygen atoms in total. The summed E-state index contributed by atoms with van der Waals surface area (Å²) >= 11 is 0. The maximum atomic E-state index is 12.6. The van der Waals surface area contributed by atoms with E-state index < -0.39 is 6.04 Å². The summed E-state index contributed by atoms with van der Waals surface area (Å²) in [5, 5.41) is 11.6. The second-order valence-corrected chi connectivity index (χ2v) is 6.84. The van der Waals surface area contributed by atoms with E-state index in [1.165, 1.54) is 10.7 Å². The van der Waals surface area contributed by atoms with Crippen molar-refractivity contribution in [2.45, 2.75) is 33.2 Å². The minimum absolute atomic E-state index is 0.278. The first-order valence-electron chi connectivity index (χ1n) is 9.44. The van der Waals surface area contributed by atoms with Crippen LogP contribution in [0.15, 0.2) is 47.3 Å². The lowest BCUT2D eigenvalue weighted by Gasteiger charge is -2.15. The second kappa shape index (κ2) is 8.72. The van der Waals surface area contributed by atoms with Crippen LogP contribution in [-0.4, -0.2) is 39.1 Å². The predicted octanol–water partition coefficient (Wildman–Crippen LogP) is 1.97. The van der Waals surface area contributed by atoms with Crippen LogP contribution in [0.1, 0.15) is 29.9 Å². The highest BCUT2D eigenvalue weighted by molar-refractivity contribution is 5.79. The molecule has 1 atom stereocenters. The van der Waals surface area contributed by atoms with Crippen LogP contribution in [0.5, 0.6) is 5.75 Å². The number of carbonyl (C=O) groups is 1. The lowest BCUT2D eigenvalue weighted by Crippen LogP contribution is -2.38. The van der Waals surface area contributed by atoms with Gasteiger partial charge in [-0.2, -0.15) is 5.10 Å². The van der Waals surface area contributed by atoms with Gasteiger partial charge in [-0.25, -0.2) is 9.36 Å². The van der Waals surface area contributed by atoms with Crippen molar-refractivity contribution in [1.82, 2.24) is 24.9 Å². The van der Waals surface area contributed by atoms with Crippen LogP contribution >= 0.6 is 0 Å². The number of aromatic nitrogens is 4. The van der Waals surface area contributed by atoms with Crippen LogP contribution in [0, 0.1) is 13.8 Å². The number of rotatable bonds is 7. The quantitative estimate of drug-likeness (QED) is 0.661. The molecule has 0 radical (unpaired) electrons. The molecule has 3 aromatic rings. The molecule has 1 N–H and O–H groups in total. The Morgan fingerprint density at radius 1 is 1.17 bits per heavy atom. The number of hydrogen-bond donors (Lipinski definition) is 1. The molecule has 0 bridgehead atoms. The molecule has 0 fully saturated rings. The van der Waals surface area contributed by atoms with Gasteiger partial charge in [0.1, 0.15) is 11.8 Å². The third kappa shape index (κ3) is 4.53. The Hall–Kier alpha value is -3.42. The topological polar surface area (TPSA) is 91.0 Å². The maximum absolute atomic E-state index is 12.6. The van der Waals surface area contributed by atoms with Crippen molar-refractivity contribution in [3.63, 3.8) is 0 Å². The average molecular weight is 395 g/mol. The monoisotopic (exact) mass is 395 g/mol. The first-order valence-corrected chi connectivity index (χ1v) is 9.44. The lowest BCUT2D eigenvalue weighted by molar-refractivity contribution is -0.124. The van der Waals surface area contributed by atoms with Crippen molar-refractivity contribution >= 4 is 5.91 Å². The zero-order chi connectivity index (χ0) is 21.0. The van der Waals surface area contributed by atoms with E-state index in [9.17, 15) is 9.59 Å². The van der Waals surface area contributed by atoms with Gasteiger partial charge in [0.15, 0.2) is 5.82 Å². The molecule has 8 heteroatoms. The minimum Gasteiger partial charge on any atom is -0.496 e. The van der Waals surface area contributed by atoms with Gasteiger partial charge in [-0.3, -0.25) is 9.59 Å². The Morgan fingerprint density at radius 2 is 1.93 bits per heavy atom. The smallest absolute Gasteiger partial charge is 0.267 e. The highest BCUT2D eigenvalue weighted by Gasteiger charge is 2.18. The normalized spacial score (nSPS) is 11.9. The van der Waals surface area contributed by atoms with Crippen LogP contribution in [-0.2, 0) is 11.2 Å². The number of hydrogen-bond acceptors (Lipinski definition) is 5. The number of ether oxygens (including phenoxy) is 1. The van der Waals surface area contributed by atoms with Crippen molar-refractivity contribution < 1.29 is 9.53 Å². The predicted molar refractivity (Wildman–Crippen MR) is 110 cm³/mol. The van der Waals surface area contributed by atoms with Crippen LogP contribution < -0.4 is 15.6 Å². The largest absolute Gasteiger partial charge is 0.496 e. The molecule has 1 amide bonds. The molecule has 0 aliphatic rings. The van der Waals surface area contributed by atoms with Crippen molar-refractivity contribution in [1.29, 1.82) is 0 Å². The van der Waals surface area contributed by atoms with Gasteiger partial charge in [0.2, 0.25) is 5.91 Å². The average Bonchev–Trinajstić information content (AvgIpc) is 3.06. The van der Waals surface area contributed by atoms with Gasteiger partial charge >= 0.3 is 0 Å². The SMILES string of the molecule is COc1ccccc1CCNC(=O)C(C)n1nc(-n2nc(C)cc2C)ccc1=O. The molecule has 3 rings (SSSR count). The Labute approximate surface area is 169 Å². The summed E-state index contributed by atoms with van der Waals surface area (Å²) < 4.78 is 8.16. The van der Waals surface area contributed by atoms with Gasteiger partial charge in [0, 0.05) is 18.3 Å². The van der Waals surface area contributed by atoms with Gasteiger partial charge in [-0.1, -0.05) is 18.2 Å². The number of nitrogens with one attached hydrogen (secondary N) is 1. The molecule has 2 aromatic heterocycles. The van der Waals surface area contributed by atoms with Crippen molar-refractivity contribution in [2.75, 3.05) is 13.7 Å². The summed E-state index contributed by atoms with van der Waals surface area (Å²) in [6.07, 6.45) is 0.622. The molecule has 0 saturated carbocycles. The molecule has 1 unspecified atom stereocenters. The van der Waals surface area contributed by atoms with Crippen LogP contribution in [0.2, 0.25) is 0 Å². The molecule has 0 aliphatic carbocycles. The number of benzene rings is 1. The van der Waals surface area contributed by atoms with E-state index in [4.69, 9.17) is 4.74 Å². The Kier molecular flexibility index (Phi) is 6.11. The van der Waals surface area contributed by atoms with Crippen LogP contribution in [0.25, 0.3) is 5.82 Å². The van der Waals surface area contributed by atoms with Gasteiger partial charge in [0.05, 0.1) is 12.8 Å². The van der Waals surface area contributed by atoms with E-state index in [0.717, 1.165) is 22.7 Å². The van der Waals surface area contributed by atoms with E-state index in [1.807, 2.05) is 44.2 Å². The standard InChI is InChI=1S/C21H25N5O3/c1-14-13-15(2)25(23-14)19-9-10-20(27)26(24-19)16(3)21(28)22-12-11-17-7-5-6-8-18(17)29-4/h5-10,13,16H,11-12H2,1-4H3,(H,22,28). The summed E-state index contributed by atoms with van der Waals surface area (Å²) in [5.41, 5.74) is 2.41.